The Bertz CT molecular complexity index is 1000. The summed E-state index contributed by atoms with van der Waals surface area (Å²) in [6.07, 6.45) is 6.58. The molecule has 0 aliphatic carbocycles. The van der Waals surface area contributed by atoms with E-state index >= 15 is 0 Å². The van der Waals surface area contributed by atoms with E-state index in [9.17, 15) is 19.7 Å². The van der Waals surface area contributed by atoms with Crippen LogP contribution in [0.2, 0.25) is 5.02 Å². The van der Waals surface area contributed by atoms with Gasteiger partial charge >= 0.3 is 0 Å². The van der Waals surface area contributed by atoms with E-state index in [2.05, 4.69) is 5.92 Å². The van der Waals surface area contributed by atoms with Crippen LogP contribution in [0.3, 0.4) is 0 Å². The Hall–Kier alpha value is -3.02. The summed E-state index contributed by atoms with van der Waals surface area (Å²) < 4.78 is 5.63. The second-order valence-electron chi connectivity index (χ2n) is 5.10. The highest BCUT2D eigenvalue weighted by atomic mass is 35.5. The molecule has 2 heterocycles. The summed E-state index contributed by atoms with van der Waals surface area (Å²) in [5.41, 5.74) is 0.338. The molecule has 1 aliphatic rings. The first-order valence-electron chi connectivity index (χ1n) is 7.13. The van der Waals surface area contributed by atoms with Crippen LogP contribution in [0, 0.1) is 22.5 Å². The molecule has 1 fully saturated rings. The molecule has 3 rings (SSSR count). The lowest BCUT2D eigenvalue weighted by atomic mass is 10.1. The highest BCUT2D eigenvalue weighted by Gasteiger charge is 2.34. The van der Waals surface area contributed by atoms with Crippen LogP contribution in [0.1, 0.15) is 5.76 Å². The summed E-state index contributed by atoms with van der Waals surface area (Å²) in [6, 6.07) is 7.23. The van der Waals surface area contributed by atoms with E-state index in [4.69, 9.17) is 22.4 Å². The van der Waals surface area contributed by atoms with Crippen molar-refractivity contribution in [2.24, 2.45) is 0 Å². The summed E-state index contributed by atoms with van der Waals surface area (Å²) in [6.45, 7) is -0.0934. The van der Waals surface area contributed by atoms with Gasteiger partial charge in [-0.3, -0.25) is 24.6 Å². The van der Waals surface area contributed by atoms with Crippen LogP contribution in [0.5, 0.6) is 0 Å². The zero-order chi connectivity index (χ0) is 18.8. The van der Waals surface area contributed by atoms with Gasteiger partial charge in [0.25, 0.3) is 16.8 Å². The van der Waals surface area contributed by atoms with Crippen LogP contribution in [-0.4, -0.2) is 27.5 Å². The summed E-state index contributed by atoms with van der Waals surface area (Å²) >= 11 is 6.85. The van der Waals surface area contributed by atoms with Crippen LogP contribution in [0.15, 0.2) is 39.7 Å². The third-order valence-corrected chi connectivity index (χ3v) is 4.67. The number of carbonyl (C=O) groups is 2. The number of thioether (sulfide) groups is 1. The van der Waals surface area contributed by atoms with Gasteiger partial charge in [0.1, 0.15) is 11.5 Å². The Morgan fingerprint density at radius 2 is 2.12 bits per heavy atom. The number of nitrogens with zero attached hydrogens (tertiary/aromatic N) is 2. The highest BCUT2D eigenvalue weighted by molar-refractivity contribution is 8.18. The number of hydrogen-bond donors (Lipinski definition) is 0. The van der Waals surface area contributed by atoms with Gasteiger partial charge in [0.05, 0.1) is 21.4 Å². The first kappa shape index (κ1) is 17.8. The fourth-order valence-electron chi connectivity index (χ4n) is 2.25. The standard InChI is InChI=1S/C17H9ClN2O5S/c1-2-7-19-16(21)15(26-17(19)22)9-11-4-6-14(25-11)12-5-3-10(20(23)24)8-13(12)18/h1,3-6,8-9H,7H2/b15-9+. The van der Waals surface area contributed by atoms with Crippen molar-refractivity contribution in [2.45, 2.75) is 0 Å². The molecule has 0 atom stereocenters. The molecule has 0 spiro atoms. The number of carbonyl (C=O) groups excluding carboxylic acids is 2. The van der Waals surface area contributed by atoms with E-state index in [1.165, 1.54) is 24.3 Å². The predicted octanol–water partition coefficient (Wildman–Crippen LogP) is 4.18. The molecule has 0 saturated carbocycles. The average molecular weight is 389 g/mol. The number of benzene rings is 1. The van der Waals surface area contributed by atoms with Crippen LogP contribution in [0.4, 0.5) is 10.5 Å². The van der Waals surface area contributed by atoms with Crippen LogP contribution < -0.4 is 0 Å². The molecular weight excluding hydrogens is 380 g/mol. The first-order chi connectivity index (χ1) is 12.4. The molecule has 9 heteroatoms. The van der Waals surface area contributed by atoms with Gasteiger partial charge in [0, 0.05) is 23.8 Å². The SMILES string of the molecule is C#CCN1C(=O)S/C(=C/c2ccc(-c3ccc([N+](=O)[O-])cc3Cl)o2)C1=O. The van der Waals surface area contributed by atoms with Crippen molar-refractivity contribution in [1.29, 1.82) is 0 Å². The minimum Gasteiger partial charge on any atom is -0.457 e. The second-order valence-corrected chi connectivity index (χ2v) is 6.50. The molecule has 1 aromatic carbocycles. The van der Waals surface area contributed by atoms with Gasteiger partial charge in [-0.05, 0) is 30.0 Å². The summed E-state index contributed by atoms with van der Waals surface area (Å²) in [7, 11) is 0. The van der Waals surface area contributed by atoms with Gasteiger partial charge in [0.2, 0.25) is 0 Å². The molecule has 130 valence electrons. The van der Waals surface area contributed by atoms with Crippen molar-refractivity contribution in [3.8, 4) is 23.7 Å². The third kappa shape index (κ3) is 3.35. The highest BCUT2D eigenvalue weighted by Crippen LogP contribution is 2.35. The quantitative estimate of drug-likeness (QED) is 0.337. The minimum atomic E-state index is -0.546. The molecule has 0 unspecified atom stereocenters. The second kappa shape index (κ2) is 7.07. The van der Waals surface area contributed by atoms with Crippen molar-refractivity contribution in [2.75, 3.05) is 6.54 Å². The largest absolute Gasteiger partial charge is 0.457 e. The number of terminal acetylenes is 1. The Morgan fingerprint density at radius 1 is 1.35 bits per heavy atom. The number of nitro benzene ring substituents is 1. The van der Waals surface area contributed by atoms with Crippen molar-refractivity contribution in [3.05, 3.63) is 56.1 Å². The topological polar surface area (TPSA) is 93.7 Å². The molecule has 0 N–H and O–H groups in total. The number of halogens is 1. The number of furan rings is 1. The summed E-state index contributed by atoms with van der Waals surface area (Å²) in [4.78, 5) is 35.3. The Labute approximate surface area is 156 Å². The fourth-order valence-corrected chi connectivity index (χ4v) is 3.34. The maximum Gasteiger partial charge on any atom is 0.294 e. The van der Waals surface area contributed by atoms with Gasteiger partial charge in [-0.1, -0.05) is 17.5 Å². The number of imide groups is 1. The van der Waals surface area contributed by atoms with Crippen molar-refractivity contribution in [3.63, 3.8) is 0 Å². The number of amides is 2. The average Bonchev–Trinajstić information content (AvgIpc) is 3.15. The zero-order valence-corrected chi connectivity index (χ0v) is 14.5. The van der Waals surface area contributed by atoms with E-state index in [0.717, 1.165) is 16.7 Å². The smallest absolute Gasteiger partial charge is 0.294 e. The first-order valence-corrected chi connectivity index (χ1v) is 8.33. The van der Waals surface area contributed by atoms with E-state index in [1.807, 2.05) is 0 Å². The van der Waals surface area contributed by atoms with Gasteiger partial charge in [0.15, 0.2) is 0 Å². The maximum absolute atomic E-state index is 12.1. The van der Waals surface area contributed by atoms with Gasteiger partial charge < -0.3 is 4.42 Å². The van der Waals surface area contributed by atoms with E-state index < -0.39 is 16.1 Å². The number of non-ortho nitro benzene ring substituents is 1. The molecule has 7 nitrogen and oxygen atoms in total. The normalized spacial score (nSPS) is 15.5. The van der Waals surface area contributed by atoms with E-state index in [0.29, 0.717) is 17.1 Å². The lowest BCUT2D eigenvalue weighted by Crippen LogP contribution is -2.28. The van der Waals surface area contributed by atoms with Gasteiger partial charge in [-0.2, -0.15) is 0 Å². The minimum absolute atomic E-state index is 0.0934. The number of nitro groups is 1. The molecule has 1 saturated heterocycles. The Kier molecular flexibility index (Phi) is 4.84. The van der Waals surface area contributed by atoms with E-state index in [1.54, 1.807) is 12.1 Å². The zero-order valence-electron chi connectivity index (χ0n) is 13.0. The number of hydrogen-bond acceptors (Lipinski definition) is 6. The van der Waals surface area contributed by atoms with E-state index in [-0.39, 0.29) is 22.2 Å². The lowest BCUT2D eigenvalue weighted by molar-refractivity contribution is -0.384. The van der Waals surface area contributed by atoms with Gasteiger partial charge in [-0.15, -0.1) is 6.42 Å². The molecular formula is C17H9ClN2O5S. The molecule has 1 aromatic heterocycles. The predicted molar refractivity (Wildman–Crippen MR) is 97.3 cm³/mol. The van der Waals surface area contributed by atoms with Gasteiger partial charge in [-0.25, -0.2) is 0 Å². The monoisotopic (exact) mass is 388 g/mol. The van der Waals surface area contributed by atoms with Crippen molar-refractivity contribution < 1.29 is 18.9 Å². The Morgan fingerprint density at radius 3 is 2.77 bits per heavy atom. The molecule has 2 aromatic rings. The number of rotatable bonds is 4. The summed E-state index contributed by atoms with van der Waals surface area (Å²) in [5, 5.41) is 10.5. The van der Waals surface area contributed by atoms with Crippen LogP contribution in [0.25, 0.3) is 17.4 Å². The van der Waals surface area contributed by atoms with Crippen molar-refractivity contribution in [1.82, 2.24) is 4.90 Å². The molecule has 0 radical (unpaired) electrons. The molecule has 1 aliphatic heterocycles. The molecule has 0 bridgehead atoms. The van der Waals surface area contributed by atoms with Crippen molar-refractivity contribution >= 4 is 46.3 Å². The van der Waals surface area contributed by atoms with Crippen LogP contribution in [-0.2, 0) is 4.79 Å². The maximum atomic E-state index is 12.1. The third-order valence-electron chi connectivity index (χ3n) is 3.45. The summed E-state index contributed by atoms with van der Waals surface area (Å²) in [5.74, 6) is 2.48. The lowest BCUT2D eigenvalue weighted by Gasteiger charge is -2.06. The molecule has 2 amide bonds. The Balaban J connectivity index is 1.87. The molecule has 26 heavy (non-hydrogen) atoms. The fraction of sp³-hybridized carbons (Fsp3) is 0.0588. The van der Waals surface area contributed by atoms with Crippen LogP contribution >= 0.6 is 23.4 Å².